The van der Waals surface area contributed by atoms with Gasteiger partial charge in [0.25, 0.3) is 0 Å². The normalized spacial score (nSPS) is 11.2. The second kappa shape index (κ2) is 6.57. The van der Waals surface area contributed by atoms with Gasteiger partial charge >= 0.3 is 0 Å². The molecule has 0 amide bonds. The van der Waals surface area contributed by atoms with Gasteiger partial charge in [0.1, 0.15) is 5.69 Å². The number of allylic oxidation sites excluding steroid dienone is 1. The number of carbonyl (C=O) groups is 1. The third-order valence-corrected chi connectivity index (χ3v) is 3.34. The van der Waals surface area contributed by atoms with Crippen LogP contribution in [0.4, 0.5) is 0 Å². The molecule has 0 N–H and O–H groups in total. The Labute approximate surface area is 126 Å². The van der Waals surface area contributed by atoms with Crippen molar-refractivity contribution < 1.29 is 4.79 Å². The van der Waals surface area contributed by atoms with Gasteiger partial charge in [-0.3, -0.25) is 9.78 Å². The summed E-state index contributed by atoms with van der Waals surface area (Å²) in [6, 6.07) is 7.73. The van der Waals surface area contributed by atoms with Crippen LogP contribution in [0.25, 0.3) is 6.08 Å². The molecule has 1 aromatic heterocycles. The summed E-state index contributed by atoms with van der Waals surface area (Å²) in [7, 11) is 0. The molecule has 0 radical (unpaired) electrons. The Hall–Kier alpha value is -1.81. The van der Waals surface area contributed by atoms with Crippen molar-refractivity contribution in [1.29, 1.82) is 0 Å². The van der Waals surface area contributed by atoms with Crippen molar-refractivity contribution in [1.82, 2.24) is 9.97 Å². The molecule has 1 heterocycles. The van der Waals surface area contributed by atoms with E-state index in [4.69, 9.17) is 0 Å². The van der Waals surface area contributed by atoms with Crippen molar-refractivity contribution in [2.75, 3.05) is 0 Å². The van der Waals surface area contributed by atoms with Crippen LogP contribution in [0.1, 0.15) is 41.5 Å². The molecule has 1 aromatic carbocycles. The number of benzene rings is 1. The Kier molecular flexibility index (Phi) is 4.79. The minimum absolute atomic E-state index is 0.143. The molecule has 0 fully saturated rings. The summed E-state index contributed by atoms with van der Waals surface area (Å²) in [4.78, 5) is 20.4. The molecule has 4 heteroatoms. The van der Waals surface area contributed by atoms with Gasteiger partial charge in [0.2, 0.25) is 5.78 Å². The number of carbonyl (C=O) groups excluding carboxylic acids is 1. The fourth-order valence-electron chi connectivity index (χ4n) is 1.59. The van der Waals surface area contributed by atoms with E-state index in [1.54, 1.807) is 12.3 Å². The molecule has 102 valence electrons. The van der Waals surface area contributed by atoms with Crippen LogP contribution >= 0.6 is 15.9 Å². The number of ketones is 1. The van der Waals surface area contributed by atoms with Gasteiger partial charge < -0.3 is 0 Å². The van der Waals surface area contributed by atoms with Gasteiger partial charge in [0.05, 0.1) is 11.9 Å². The highest BCUT2D eigenvalue weighted by Gasteiger charge is 2.06. The van der Waals surface area contributed by atoms with Crippen LogP contribution in [-0.2, 0) is 0 Å². The van der Waals surface area contributed by atoms with Gasteiger partial charge in [-0.2, -0.15) is 0 Å². The van der Waals surface area contributed by atoms with Crippen LogP contribution in [-0.4, -0.2) is 15.8 Å². The van der Waals surface area contributed by atoms with E-state index in [0.29, 0.717) is 11.6 Å². The Balaban J connectivity index is 2.09. The number of rotatable bonds is 4. The van der Waals surface area contributed by atoms with Crippen molar-refractivity contribution in [2.45, 2.75) is 19.8 Å². The first kappa shape index (κ1) is 14.6. The van der Waals surface area contributed by atoms with Crippen LogP contribution in [0.3, 0.4) is 0 Å². The van der Waals surface area contributed by atoms with E-state index in [9.17, 15) is 4.79 Å². The number of hydrogen-bond donors (Lipinski definition) is 0. The van der Waals surface area contributed by atoms with E-state index >= 15 is 0 Å². The van der Waals surface area contributed by atoms with E-state index in [0.717, 1.165) is 15.7 Å². The van der Waals surface area contributed by atoms with Gasteiger partial charge in [-0.25, -0.2) is 4.98 Å². The summed E-state index contributed by atoms with van der Waals surface area (Å²) >= 11 is 3.37. The van der Waals surface area contributed by atoms with Gasteiger partial charge in [-0.1, -0.05) is 48.0 Å². The second-order valence-electron chi connectivity index (χ2n) is 4.73. The molecule has 0 atom stereocenters. The molecule has 0 aliphatic rings. The molecule has 3 nitrogen and oxygen atoms in total. The molecule has 20 heavy (non-hydrogen) atoms. The summed E-state index contributed by atoms with van der Waals surface area (Å²) < 4.78 is 1.01. The number of aromatic nitrogens is 2. The van der Waals surface area contributed by atoms with E-state index in [1.165, 1.54) is 12.3 Å². The maximum atomic E-state index is 12.0. The lowest BCUT2D eigenvalue weighted by Crippen LogP contribution is -2.02. The zero-order valence-electron chi connectivity index (χ0n) is 11.4. The van der Waals surface area contributed by atoms with Crippen LogP contribution in [0.5, 0.6) is 0 Å². The van der Waals surface area contributed by atoms with E-state index in [-0.39, 0.29) is 5.78 Å². The lowest BCUT2D eigenvalue weighted by atomic mass is 10.1. The van der Waals surface area contributed by atoms with E-state index in [1.807, 2.05) is 38.1 Å². The molecular weight excluding hydrogens is 316 g/mol. The molecule has 0 saturated carbocycles. The minimum atomic E-state index is -0.143. The second-order valence-corrected chi connectivity index (χ2v) is 5.65. The first-order valence-corrected chi connectivity index (χ1v) is 7.15. The molecule has 2 rings (SSSR count). The maximum Gasteiger partial charge on any atom is 0.205 e. The molecular formula is C16H15BrN2O. The first-order valence-electron chi connectivity index (χ1n) is 6.36. The van der Waals surface area contributed by atoms with Crippen molar-refractivity contribution in [3.8, 4) is 0 Å². The predicted molar refractivity (Wildman–Crippen MR) is 83.6 cm³/mol. The van der Waals surface area contributed by atoms with Crippen LogP contribution in [0.2, 0.25) is 0 Å². The molecule has 2 aromatic rings. The standard InChI is InChI=1S/C16H15BrN2O/c1-11(2)14-9-19-15(10-18-14)16(20)8-5-12-3-6-13(17)7-4-12/h3-11H,1-2H3/b8-5+. The van der Waals surface area contributed by atoms with Crippen LogP contribution < -0.4 is 0 Å². The molecule has 0 aliphatic heterocycles. The van der Waals surface area contributed by atoms with Crippen molar-refractivity contribution in [3.05, 3.63) is 64.2 Å². The van der Waals surface area contributed by atoms with Gasteiger partial charge in [-0.05, 0) is 29.7 Å². The Morgan fingerprint density at radius 3 is 2.40 bits per heavy atom. The highest BCUT2D eigenvalue weighted by Crippen LogP contribution is 2.12. The zero-order chi connectivity index (χ0) is 14.5. The first-order chi connectivity index (χ1) is 9.56. The Bertz CT molecular complexity index is 616. The number of hydrogen-bond acceptors (Lipinski definition) is 3. The van der Waals surface area contributed by atoms with Crippen LogP contribution in [0, 0.1) is 0 Å². The average Bonchev–Trinajstić information content (AvgIpc) is 2.46. The van der Waals surface area contributed by atoms with Gasteiger partial charge in [0.15, 0.2) is 0 Å². The number of nitrogens with zero attached hydrogens (tertiary/aromatic N) is 2. The summed E-state index contributed by atoms with van der Waals surface area (Å²) in [6.45, 7) is 4.08. The fourth-order valence-corrected chi connectivity index (χ4v) is 1.86. The Morgan fingerprint density at radius 2 is 1.85 bits per heavy atom. The van der Waals surface area contributed by atoms with E-state index in [2.05, 4.69) is 25.9 Å². The summed E-state index contributed by atoms with van der Waals surface area (Å²) in [5.41, 5.74) is 2.22. The third-order valence-electron chi connectivity index (χ3n) is 2.81. The summed E-state index contributed by atoms with van der Waals surface area (Å²) in [5, 5.41) is 0. The molecule has 0 spiro atoms. The van der Waals surface area contributed by atoms with Gasteiger partial charge in [-0.15, -0.1) is 0 Å². The van der Waals surface area contributed by atoms with Crippen LogP contribution in [0.15, 0.2) is 47.2 Å². The summed E-state index contributed by atoms with van der Waals surface area (Å²) in [6.07, 6.45) is 6.48. The highest BCUT2D eigenvalue weighted by molar-refractivity contribution is 9.10. The fraction of sp³-hybridized carbons (Fsp3) is 0.188. The quantitative estimate of drug-likeness (QED) is 0.621. The largest absolute Gasteiger partial charge is 0.287 e. The SMILES string of the molecule is CC(C)c1cnc(C(=O)/C=C/c2ccc(Br)cc2)cn1. The van der Waals surface area contributed by atoms with Gasteiger partial charge in [0, 0.05) is 10.7 Å². The molecule has 0 unspecified atom stereocenters. The molecule has 0 bridgehead atoms. The average molecular weight is 331 g/mol. The topological polar surface area (TPSA) is 42.9 Å². The Morgan fingerprint density at radius 1 is 1.15 bits per heavy atom. The predicted octanol–water partition coefficient (Wildman–Crippen LogP) is 4.26. The molecule has 0 saturated heterocycles. The smallest absolute Gasteiger partial charge is 0.205 e. The lowest BCUT2D eigenvalue weighted by Gasteiger charge is -2.03. The molecule has 0 aliphatic carbocycles. The minimum Gasteiger partial charge on any atom is -0.287 e. The zero-order valence-corrected chi connectivity index (χ0v) is 13.0. The maximum absolute atomic E-state index is 12.0. The van der Waals surface area contributed by atoms with Crippen molar-refractivity contribution in [2.24, 2.45) is 0 Å². The lowest BCUT2D eigenvalue weighted by molar-refractivity contribution is 0.104. The monoisotopic (exact) mass is 330 g/mol. The van der Waals surface area contributed by atoms with Crippen molar-refractivity contribution >= 4 is 27.8 Å². The third kappa shape index (κ3) is 3.84. The van der Waals surface area contributed by atoms with Crippen molar-refractivity contribution in [3.63, 3.8) is 0 Å². The highest BCUT2D eigenvalue weighted by atomic mass is 79.9. The summed E-state index contributed by atoms with van der Waals surface area (Å²) in [5.74, 6) is 0.167. The number of halogens is 1. The van der Waals surface area contributed by atoms with E-state index < -0.39 is 0 Å².